The minimum Gasteiger partial charge on any atom is -0.497 e. The van der Waals surface area contributed by atoms with Crippen molar-refractivity contribution in [2.45, 2.75) is 13.0 Å². The Morgan fingerprint density at radius 1 is 1.42 bits per heavy atom. The molecule has 0 saturated carbocycles. The highest BCUT2D eigenvalue weighted by Gasteiger charge is 2.35. The molecule has 2 N–H and O–H groups in total. The number of primary amides is 1. The van der Waals surface area contributed by atoms with E-state index in [1.54, 1.807) is 31.4 Å². The maximum Gasteiger partial charge on any atom is 0.248 e. The fourth-order valence-corrected chi connectivity index (χ4v) is 1.35. The van der Waals surface area contributed by atoms with Gasteiger partial charge in [0.25, 0.3) is 0 Å². The second kappa shape index (κ2) is 6.40. The van der Waals surface area contributed by atoms with Gasteiger partial charge in [-0.2, -0.15) is 5.26 Å². The van der Waals surface area contributed by atoms with Gasteiger partial charge in [0.2, 0.25) is 11.8 Å². The van der Waals surface area contributed by atoms with Gasteiger partial charge in [0.05, 0.1) is 19.7 Å². The molecular formula is C13H15N3O3. The van der Waals surface area contributed by atoms with Crippen LogP contribution < -0.4 is 10.5 Å². The summed E-state index contributed by atoms with van der Waals surface area (Å²) in [6.07, 6.45) is 0. The Bertz CT molecular complexity index is 505. The number of nitriles is 1. The van der Waals surface area contributed by atoms with Crippen molar-refractivity contribution in [3.05, 3.63) is 29.8 Å². The number of rotatable bonds is 2. The number of nitrogens with two attached hydrogens (primary N) is 1. The van der Waals surface area contributed by atoms with Gasteiger partial charge in [0, 0.05) is 12.5 Å². The molecule has 100 valence electrons. The van der Waals surface area contributed by atoms with Crippen LogP contribution in [0.5, 0.6) is 5.75 Å². The molecule has 1 unspecified atom stereocenters. The molecule has 0 radical (unpaired) electrons. The van der Waals surface area contributed by atoms with Gasteiger partial charge in [-0.3, -0.25) is 9.59 Å². The Balaban J connectivity index is 0.000000200. The van der Waals surface area contributed by atoms with E-state index in [9.17, 15) is 9.59 Å². The number of hydrogen-bond donors (Lipinski definition) is 1. The highest BCUT2D eigenvalue weighted by molar-refractivity contribution is 5.92. The van der Waals surface area contributed by atoms with Crippen LogP contribution in [0.2, 0.25) is 0 Å². The van der Waals surface area contributed by atoms with Crippen LogP contribution in [0, 0.1) is 11.3 Å². The lowest BCUT2D eigenvalue weighted by Gasteiger charge is -1.98. The number of carbonyl (C=O) groups excluding carboxylic acids is 2. The van der Waals surface area contributed by atoms with E-state index >= 15 is 0 Å². The molecule has 2 amide bonds. The molecule has 1 aromatic carbocycles. The van der Waals surface area contributed by atoms with Crippen LogP contribution in [0.4, 0.5) is 0 Å². The van der Waals surface area contributed by atoms with Crippen molar-refractivity contribution in [3.63, 3.8) is 0 Å². The minimum absolute atomic E-state index is 0.00319. The van der Waals surface area contributed by atoms with Crippen LogP contribution in [-0.4, -0.2) is 36.4 Å². The first-order valence-corrected chi connectivity index (χ1v) is 5.60. The maximum atomic E-state index is 10.6. The van der Waals surface area contributed by atoms with E-state index in [2.05, 4.69) is 0 Å². The molecule has 6 heteroatoms. The van der Waals surface area contributed by atoms with Crippen molar-refractivity contribution in [1.29, 1.82) is 5.26 Å². The SMILES string of the molecule is CC(=O)N1CC1C#N.COc1ccc(C(N)=O)cc1. The standard InChI is InChI=1S/C8H9NO2.C5H6N2O/c1-11-7-4-2-6(3-5-7)8(9)10;1-4(8)7-3-5(7)2-6/h2-5H,1H3,(H2,9,10);5H,3H2,1H3. The molecule has 0 aliphatic carbocycles. The molecule has 0 bridgehead atoms. The predicted molar refractivity (Wildman–Crippen MR) is 68.3 cm³/mol. The monoisotopic (exact) mass is 261 g/mol. The summed E-state index contributed by atoms with van der Waals surface area (Å²) in [4.78, 5) is 22.4. The third-order valence-electron chi connectivity index (χ3n) is 2.54. The van der Waals surface area contributed by atoms with Gasteiger partial charge in [0.1, 0.15) is 11.8 Å². The average molecular weight is 261 g/mol. The van der Waals surface area contributed by atoms with Crippen molar-refractivity contribution in [1.82, 2.24) is 4.90 Å². The quantitative estimate of drug-likeness (QED) is 0.785. The largest absolute Gasteiger partial charge is 0.497 e. The molecule has 1 aliphatic rings. The molecule has 1 heterocycles. The fraction of sp³-hybridized carbons (Fsp3) is 0.308. The number of ether oxygens (including phenoxy) is 1. The third kappa shape index (κ3) is 4.32. The maximum absolute atomic E-state index is 10.6. The van der Waals surface area contributed by atoms with Crippen molar-refractivity contribution >= 4 is 11.8 Å². The molecule has 1 atom stereocenters. The zero-order valence-corrected chi connectivity index (χ0v) is 10.8. The van der Waals surface area contributed by atoms with E-state index in [0.717, 1.165) is 5.75 Å². The zero-order chi connectivity index (χ0) is 14.4. The van der Waals surface area contributed by atoms with E-state index in [-0.39, 0.29) is 11.9 Å². The van der Waals surface area contributed by atoms with Gasteiger partial charge in [-0.25, -0.2) is 0 Å². The van der Waals surface area contributed by atoms with Gasteiger partial charge < -0.3 is 15.4 Å². The van der Waals surface area contributed by atoms with E-state index in [1.165, 1.54) is 11.8 Å². The second-order valence-electron chi connectivity index (χ2n) is 3.91. The van der Waals surface area contributed by atoms with E-state index < -0.39 is 5.91 Å². The Hall–Kier alpha value is -2.55. The summed E-state index contributed by atoms with van der Waals surface area (Å²) in [6.45, 7) is 2.10. The number of hydrogen-bond acceptors (Lipinski definition) is 4. The van der Waals surface area contributed by atoms with Crippen LogP contribution in [0.15, 0.2) is 24.3 Å². The predicted octanol–water partition coefficient (Wildman–Crippen LogP) is 0.535. The van der Waals surface area contributed by atoms with Crippen LogP contribution in [-0.2, 0) is 4.79 Å². The van der Waals surface area contributed by atoms with Crippen LogP contribution in [0.25, 0.3) is 0 Å². The summed E-state index contributed by atoms with van der Waals surface area (Å²) < 4.78 is 4.90. The van der Waals surface area contributed by atoms with Gasteiger partial charge >= 0.3 is 0 Å². The number of amides is 2. The molecular weight excluding hydrogens is 246 g/mol. The number of methoxy groups -OCH3 is 1. The molecule has 0 spiro atoms. The smallest absolute Gasteiger partial charge is 0.248 e. The Morgan fingerprint density at radius 3 is 2.26 bits per heavy atom. The summed E-state index contributed by atoms with van der Waals surface area (Å²) in [6, 6.07) is 8.50. The Kier molecular flexibility index (Phi) is 4.89. The highest BCUT2D eigenvalue weighted by Crippen LogP contribution is 2.14. The molecule has 1 saturated heterocycles. The van der Waals surface area contributed by atoms with Crippen molar-refractivity contribution in [2.75, 3.05) is 13.7 Å². The number of nitrogens with zero attached hydrogens (tertiary/aromatic N) is 2. The lowest BCUT2D eigenvalue weighted by molar-refractivity contribution is -0.123. The summed E-state index contributed by atoms with van der Waals surface area (Å²) in [7, 11) is 1.57. The second-order valence-corrected chi connectivity index (χ2v) is 3.91. The lowest BCUT2D eigenvalue weighted by atomic mass is 10.2. The van der Waals surface area contributed by atoms with Crippen LogP contribution in [0.3, 0.4) is 0 Å². The van der Waals surface area contributed by atoms with Crippen LogP contribution in [0.1, 0.15) is 17.3 Å². The summed E-state index contributed by atoms with van der Waals surface area (Å²) in [5.74, 6) is 0.291. The van der Waals surface area contributed by atoms with Gasteiger partial charge in [-0.1, -0.05) is 0 Å². The third-order valence-corrected chi connectivity index (χ3v) is 2.54. The minimum atomic E-state index is -0.423. The van der Waals surface area contributed by atoms with Crippen molar-refractivity contribution < 1.29 is 14.3 Å². The fourth-order valence-electron chi connectivity index (χ4n) is 1.35. The zero-order valence-electron chi connectivity index (χ0n) is 10.8. The number of benzene rings is 1. The van der Waals surface area contributed by atoms with Crippen LogP contribution >= 0.6 is 0 Å². The highest BCUT2D eigenvalue weighted by atomic mass is 16.5. The summed E-state index contributed by atoms with van der Waals surface area (Å²) >= 11 is 0. The Labute approximate surface area is 111 Å². The van der Waals surface area contributed by atoms with Crippen molar-refractivity contribution in [3.8, 4) is 11.8 Å². The molecule has 1 aliphatic heterocycles. The molecule has 6 nitrogen and oxygen atoms in total. The summed E-state index contributed by atoms with van der Waals surface area (Å²) in [5, 5.41) is 8.18. The Morgan fingerprint density at radius 2 is 2.00 bits per heavy atom. The molecule has 1 aromatic rings. The van der Waals surface area contributed by atoms with E-state index in [0.29, 0.717) is 12.1 Å². The summed E-state index contributed by atoms with van der Waals surface area (Å²) in [5.41, 5.74) is 5.52. The van der Waals surface area contributed by atoms with E-state index in [1.807, 2.05) is 6.07 Å². The van der Waals surface area contributed by atoms with Gasteiger partial charge in [-0.05, 0) is 24.3 Å². The molecule has 1 fully saturated rings. The van der Waals surface area contributed by atoms with E-state index in [4.69, 9.17) is 15.7 Å². The normalized spacial score (nSPS) is 15.6. The van der Waals surface area contributed by atoms with Gasteiger partial charge in [-0.15, -0.1) is 0 Å². The first-order chi connectivity index (χ1) is 8.99. The molecule has 19 heavy (non-hydrogen) atoms. The van der Waals surface area contributed by atoms with Crippen molar-refractivity contribution in [2.24, 2.45) is 5.73 Å². The average Bonchev–Trinajstić information content (AvgIpc) is 3.19. The molecule has 0 aromatic heterocycles. The lowest BCUT2D eigenvalue weighted by Crippen LogP contribution is -2.10. The number of carbonyl (C=O) groups is 2. The molecule has 2 rings (SSSR count). The first kappa shape index (κ1) is 14.5. The first-order valence-electron chi connectivity index (χ1n) is 5.60. The topological polar surface area (TPSA) is 96.2 Å². The van der Waals surface area contributed by atoms with Gasteiger partial charge in [0.15, 0.2) is 0 Å².